The van der Waals surface area contributed by atoms with Gasteiger partial charge >= 0.3 is 0 Å². The lowest BCUT2D eigenvalue weighted by Crippen LogP contribution is -1.83. The van der Waals surface area contributed by atoms with E-state index in [0.29, 0.717) is 0 Å². The van der Waals surface area contributed by atoms with Gasteiger partial charge in [0, 0.05) is 23.5 Å². The smallest absolute Gasteiger partial charge is 0.0346 e. The molecule has 1 nitrogen and oxygen atoms in total. The topological polar surface area (TPSA) is 12.9 Å². The highest BCUT2D eigenvalue weighted by Crippen LogP contribution is 2.24. The van der Waals surface area contributed by atoms with E-state index in [1.54, 1.807) is 0 Å². The summed E-state index contributed by atoms with van der Waals surface area (Å²) in [6.45, 7) is 0. The van der Waals surface area contributed by atoms with Crippen LogP contribution in [0.3, 0.4) is 0 Å². The van der Waals surface area contributed by atoms with E-state index in [1.165, 1.54) is 11.1 Å². The molecule has 0 aliphatic carbocycles. The Morgan fingerprint density at radius 3 is 1.39 bits per heavy atom. The molecule has 0 radical (unpaired) electrons. The zero-order chi connectivity index (χ0) is 12.2. The molecule has 0 amide bonds. The van der Waals surface area contributed by atoms with E-state index in [2.05, 4.69) is 35.3 Å². The number of benzene rings is 2. The van der Waals surface area contributed by atoms with E-state index < -0.39 is 0 Å². The van der Waals surface area contributed by atoms with Crippen molar-refractivity contribution in [2.45, 2.75) is 0 Å². The molecule has 18 heavy (non-hydrogen) atoms. The van der Waals surface area contributed by atoms with E-state index in [0.717, 1.165) is 11.1 Å². The quantitative estimate of drug-likeness (QED) is 0.636. The van der Waals surface area contributed by atoms with Crippen LogP contribution in [0.5, 0.6) is 0 Å². The molecule has 1 heterocycles. The Morgan fingerprint density at radius 2 is 0.944 bits per heavy atom. The van der Waals surface area contributed by atoms with Crippen molar-refractivity contribution < 1.29 is 0 Å². The number of pyridine rings is 1. The van der Waals surface area contributed by atoms with Gasteiger partial charge in [0.2, 0.25) is 0 Å². The molecule has 0 bridgehead atoms. The van der Waals surface area contributed by atoms with Crippen LogP contribution in [0.15, 0.2) is 79.1 Å². The fraction of sp³-hybridized carbons (Fsp3) is 0. The molecule has 0 aliphatic rings. The molecule has 0 saturated carbocycles. The van der Waals surface area contributed by atoms with Crippen LogP contribution in [0.2, 0.25) is 0 Å². The van der Waals surface area contributed by atoms with E-state index in [-0.39, 0.29) is 0 Å². The van der Waals surface area contributed by atoms with Gasteiger partial charge in [-0.2, -0.15) is 0 Å². The Kier molecular flexibility index (Phi) is 2.89. The third kappa shape index (κ3) is 2.16. The summed E-state index contributed by atoms with van der Waals surface area (Å²) in [5, 5.41) is 0. The van der Waals surface area contributed by atoms with Gasteiger partial charge in [0.15, 0.2) is 0 Å². The first-order valence-corrected chi connectivity index (χ1v) is 5.99. The summed E-state index contributed by atoms with van der Waals surface area (Å²) in [4.78, 5) is 4.34. The highest BCUT2D eigenvalue weighted by atomic mass is 14.6. The lowest BCUT2D eigenvalue weighted by atomic mass is 10.0. The predicted molar refractivity (Wildman–Crippen MR) is 75.1 cm³/mol. The number of aromatic nitrogens is 1. The van der Waals surface area contributed by atoms with Crippen molar-refractivity contribution in [3.8, 4) is 22.3 Å². The number of nitrogens with zero attached hydrogens (tertiary/aromatic N) is 1. The first-order chi connectivity index (χ1) is 8.93. The summed E-state index contributed by atoms with van der Waals surface area (Å²) in [5.41, 5.74) is 4.69. The van der Waals surface area contributed by atoms with Gasteiger partial charge in [-0.15, -0.1) is 0 Å². The van der Waals surface area contributed by atoms with Gasteiger partial charge in [0.1, 0.15) is 0 Å². The van der Waals surface area contributed by atoms with Crippen LogP contribution in [0.25, 0.3) is 22.3 Å². The SMILES string of the molecule is c1ccc(-c2cncc(-c3ccccc3)c2)cc1. The standard InChI is InChI=1S/C17H13N/c1-3-7-14(8-4-1)16-11-17(13-18-12-16)15-9-5-2-6-10-15/h1-13H. The van der Waals surface area contributed by atoms with Crippen molar-refractivity contribution in [3.63, 3.8) is 0 Å². The van der Waals surface area contributed by atoms with E-state index >= 15 is 0 Å². The Morgan fingerprint density at radius 1 is 0.500 bits per heavy atom. The maximum Gasteiger partial charge on any atom is 0.0346 e. The second kappa shape index (κ2) is 4.84. The summed E-state index contributed by atoms with van der Waals surface area (Å²) in [5.74, 6) is 0. The van der Waals surface area contributed by atoms with Crippen LogP contribution in [0, 0.1) is 0 Å². The van der Waals surface area contributed by atoms with Crippen LogP contribution in [-0.4, -0.2) is 4.98 Å². The molecule has 0 fully saturated rings. The average molecular weight is 231 g/mol. The van der Waals surface area contributed by atoms with Crippen molar-refractivity contribution in [1.29, 1.82) is 0 Å². The largest absolute Gasteiger partial charge is 0.263 e. The fourth-order valence-corrected chi connectivity index (χ4v) is 2.02. The van der Waals surface area contributed by atoms with E-state index in [1.807, 2.05) is 48.8 Å². The normalized spacial score (nSPS) is 10.2. The lowest BCUT2D eigenvalue weighted by Gasteiger charge is -2.05. The Labute approximate surface area is 107 Å². The van der Waals surface area contributed by atoms with Crippen LogP contribution in [0.4, 0.5) is 0 Å². The summed E-state index contributed by atoms with van der Waals surface area (Å²) >= 11 is 0. The third-order valence-corrected chi connectivity index (χ3v) is 2.95. The maximum atomic E-state index is 4.34. The number of hydrogen-bond acceptors (Lipinski definition) is 1. The lowest BCUT2D eigenvalue weighted by molar-refractivity contribution is 1.33. The molecular formula is C17H13N. The van der Waals surface area contributed by atoms with Gasteiger partial charge in [-0.25, -0.2) is 0 Å². The molecule has 0 unspecified atom stereocenters. The van der Waals surface area contributed by atoms with Gasteiger partial charge in [-0.05, 0) is 17.2 Å². The molecule has 0 N–H and O–H groups in total. The summed E-state index contributed by atoms with van der Waals surface area (Å²) in [7, 11) is 0. The minimum Gasteiger partial charge on any atom is -0.263 e. The van der Waals surface area contributed by atoms with Crippen LogP contribution >= 0.6 is 0 Å². The maximum absolute atomic E-state index is 4.34. The van der Waals surface area contributed by atoms with Crippen LogP contribution < -0.4 is 0 Å². The van der Waals surface area contributed by atoms with Gasteiger partial charge < -0.3 is 0 Å². The molecule has 3 aromatic rings. The zero-order valence-electron chi connectivity index (χ0n) is 9.95. The molecule has 0 aliphatic heterocycles. The minimum atomic E-state index is 1.15. The van der Waals surface area contributed by atoms with Crippen molar-refractivity contribution >= 4 is 0 Å². The Hall–Kier alpha value is -2.41. The predicted octanol–water partition coefficient (Wildman–Crippen LogP) is 4.42. The summed E-state index contributed by atoms with van der Waals surface area (Å²) < 4.78 is 0. The van der Waals surface area contributed by atoms with Crippen LogP contribution in [0.1, 0.15) is 0 Å². The van der Waals surface area contributed by atoms with Crippen molar-refractivity contribution in [2.24, 2.45) is 0 Å². The molecule has 0 spiro atoms. The van der Waals surface area contributed by atoms with Crippen molar-refractivity contribution in [2.75, 3.05) is 0 Å². The molecule has 1 heteroatoms. The van der Waals surface area contributed by atoms with Crippen molar-refractivity contribution in [3.05, 3.63) is 79.1 Å². The molecule has 0 saturated heterocycles. The zero-order valence-corrected chi connectivity index (χ0v) is 9.95. The fourth-order valence-electron chi connectivity index (χ4n) is 2.02. The first-order valence-electron chi connectivity index (χ1n) is 5.99. The third-order valence-electron chi connectivity index (χ3n) is 2.95. The Bertz CT molecular complexity index is 575. The average Bonchev–Trinajstić information content (AvgIpc) is 2.49. The second-order valence-corrected chi connectivity index (χ2v) is 4.19. The summed E-state index contributed by atoms with van der Waals surface area (Å²) in [6.07, 6.45) is 3.81. The van der Waals surface area contributed by atoms with Crippen molar-refractivity contribution in [1.82, 2.24) is 4.98 Å². The second-order valence-electron chi connectivity index (χ2n) is 4.19. The Balaban J connectivity index is 2.05. The van der Waals surface area contributed by atoms with E-state index in [4.69, 9.17) is 0 Å². The monoisotopic (exact) mass is 231 g/mol. The van der Waals surface area contributed by atoms with Gasteiger partial charge in [-0.3, -0.25) is 4.98 Å². The number of hydrogen-bond donors (Lipinski definition) is 0. The number of rotatable bonds is 2. The van der Waals surface area contributed by atoms with E-state index in [9.17, 15) is 0 Å². The highest BCUT2D eigenvalue weighted by Gasteiger charge is 2.01. The molecule has 3 rings (SSSR count). The minimum absolute atomic E-state index is 1.15. The van der Waals surface area contributed by atoms with Gasteiger partial charge in [-0.1, -0.05) is 60.7 Å². The van der Waals surface area contributed by atoms with Crippen LogP contribution in [-0.2, 0) is 0 Å². The molecule has 2 aromatic carbocycles. The van der Waals surface area contributed by atoms with Gasteiger partial charge in [0.05, 0.1) is 0 Å². The highest BCUT2D eigenvalue weighted by molar-refractivity contribution is 5.71. The van der Waals surface area contributed by atoms with Gasteiger partial charge in [0.25, 0.3) is 0 Å². The molecular weight excluding hydrogens is 218 g/mol. The first kappa shape index (κ1) is 10.7. The molecule has 86 valence electrons. The molecule has 0 atom stereocenters. The molecule has 1 aromatic heterocycles. The summed E-state index contributed by atoms with van der Waals surface area (Å²) in [6, 6.07) is 22.8.